The Morgan fingerprint density at radius 1 is 1.50 bits per heavy atom. The fourth-order valence-electron chi connectivity index (χ4n) is 0.614. The molecule has 0 aliphatic heterocycles. The summed E-state index contributed by atoms with van der Waals surface area (Å²) in [4.78, 5) is 11.0. The molecule has 0 saturated carbocycles. The molecule has 0 rings (SSSR count). The molecule has 0 aliphatic rings. The van der Waals surface area contributed by atoms with Crippen molar-refractivity contribution in [2.24, 2.45) is 0 Å². The van der Waals surface area contributed by atoms with Gasteiger partial charge in [0.25, 0.3) is 0 Å². The van der Waals surface area contributed by atoms with Gasteiger partial charge >= 0.3 is 0 Å². The zero-order valence-corrected chi connectivity index (χ0v) is 8.60. The van der Waals surface area contributed by atoms with Crippen LogP contribution < -0.4 is 5.32 Å². The number of rotatable bonds is 5. The fourth-order valence-corrected chi connectivity index (χ4v) is 0.974. The van der Waals surface area contributed by atoms with E-state index in [2.05, 4.69) is 21.2 Å². The van der Waals surface area contributed by atoms with Crippen LogP contribution >= 0.6 is 15.9 Å². The lowest BCUT2D eigenvalue weighted by Gasteiger charge is -2.25. The van der Waals surface area contributed by atoms with Gasteiger partial charge in [-0.1, -0.05) is 15.9 Å². The lowest BCUT2D eigenvalue weighted by molar-refractivity contribution is -0.123. The van der Waals surface area contributed by atoms with E-state index in [1.54, 1.807) is 6.92 Å². The van der Waals surface area contributed by atoms with Crippen LogP contribution in [0, 0.1) is 0 Å². The Morgan fingerprint density at radius 3 is 2.33 bits per heavy atom. The van der Waals surface area contributed by atoms with E-state index in [1.165, 1.54) is 0 Å². The molecule has 4 nitrogen and oxygen atoms in total. The van der Waals surface area contributed by atoms with Crippen LogP contribution in [0.3, 0.4) is 0 Å². The maximum absolute atomic E-state index is 11.0. The highest BCUT2D eigenvalue weighted by Crippen LogP contribution is 2.01. The van der Waals surface area contributed by atoms with Crippen LogP contribution in [0.2, 0.25) is 0 Å². The zero-order chi connectivity index (χ0) is 9.61. The van der Waals surface area contributed by atoms with Crippen molar-refractivity contribution in [1.29, 1.82) is 0 Å². The smallest absolute Gasteiger partial charge is 0.221 e. The highest BCUT2D eigenvalue weighted by molar-refractivity contribution is 9.09. The average Bonchev–Trinajstić information content (AvgIpc) is 2.05. The minimum Gasteiger partial charge on any atom is -0.394 e. The Morgan fingerprint density at radius 2 is 2.00 bits per heavy atom. The van der Waals surface area contributed by atoms with Crippen molar-refractivity contribution in [2.75, 3.05) is 18.5 Å². The zero-order valence-electron chi connectivity index (χ0n) is 7.01. The molecule has 0 spiro atoms. The third kappa shape index (κ3) is 4.04. The van der Waals surface area contributed by atoms with Crippen LogP contribution in [-0.2, 0) is 4.79 Å². The van der Waals surface area contributed by atoms with Gasteiger partial charge in [0.2, 0.25) is 5.91 Å². The van der Waals surface area contributed by atoms with Gasteiger partial charge in [0, 0.05) is 11.8 Å². The first kappa shape index (κ1) is 11.9. The van der Waals surface area contributed by atoms with Crippen molar-refractivity contribution in [3.8, 4) is 0 Å². The number of alkyl halides is 1. The number of carbonyl (C=O) groups is 1. The van der Waals surface area contributed by atoms with Gasteiger partial charge in [0.05, 0.1) is 18.8 Å². The Hall–Kier alpha value is -0.130. The summed E-state index contributed by atoms with van der Waals surface area (Å²) >= 11 is 3.12. The first-order chi connectivity index (χ1) is 5.58. The van der Waals surface area contributed by atoms with Crippen LogP contribution in [0.4, 0.5) is 0 Å². The summed E-state index contributed by atoms with van der Waals surface area (Å²) in [6.07, 6.45) is 0.343. The second kappa shape index (κ2) is 5.50. The number of hydrogen-bond donors (Lipinski definition) is 3. The number of aliphatic hydroxyl groups excluding tert-OH is 2. The van der Waals surface area contributed by atoms with Crippen molar-refractivity contribution in [3.63, 3.8) is 0 Å². The first-order valence-corrected chi connectivity index (χ1v) is 4.79. The molecule has 72 valence electrons. The van der Waals surface area contributed by atoms with Gasteiger partial charge in [-0.3, -0.25) is 4.79 Å². The molecule has 12 heavy (non-hydrogen) atoms. The van der Waals surface area contributed by atoms with Crippen LogP contribution in [0.1, 0.15) is 13.3 Å². The van der Waals surface area contributed by atoms with E-state index in [9.17, 15) is 4.79 Å². The molecule has 0 radical (unpaired) electrons. The van der Waals surface area contributed by atoms with Crippen molar-refractivity contribution in [3.05, 3.63) is 0 Å². The minimum absolute atomic E-state index is 0.183. The largest absolute Gasteiger partial charge is 0.394 e. The maximum Gasteiger partial charge on any atom is 0.221 e. The molecule has 0 aliphatic carbocycles. The van der Waals surface area contributed by atoms with E-state index >= 15 is 0 Å². The van der Waals surface area contributed by atoms with Gasteiger partial charge < -0.3 is 15.5 Å². The van der Waals surface area contributed by atoms with E-state index in [1.807, 2.05) is 0 Å². The molecule has 3 N–H and O–H groups in total. The predicted molar refractivity (Wildman–Crippen MR) is 49.1 cm³/mol. The molecule has 0 saturated heterocycles. The summed E-state index contributed by atoms with van der Waals surface area (Å²) in [5, 5.41) is 20.7. The van der Waals surface area contributed by atoms with E-state index in [0.29, 0.717) is 11.8 Å². The summed E-state index contributed by atoms with van der Waals surface area (Å²) < 4.78 is 0. The molecule has 0 aromatic carbocycles. The number of aliphatic hydroxyl groups is 2. The quantitative estimate of drug-likeness (QED) is 0.574. The molecule has 0 atom stereocenters. The number of carbonyl (C=O) groups excluding carboxylic acids is 1. The normalized spacial score (nSPS) is 11.3. The van der Waals surface area contributed by atoms with Crippen molar-refractivity contribution in [1.82, 2.24) is 5.32 Å². The van der Waals surface area contributed by atoms with Crippen LogP contribution in [0.25, 0.3) is 0 Å². The Kier molecular flexibility index (Phi) is 5.44. The molecule has 0 bridgehead atoms. The minimum atomic E-state index is -0.904. The Labute approximate surface area is 80.1 Å². The summed E-state index contributed by atoms with van der Waals surface area (Å²) in [6.45, 7) is 1.05. The highest BCUT2D eigenvalue weighted by Gasteiger charge is 2.23. The fraction of sp³-hybridized carbons (Fsp3) is 0.857. The third-order valence-electron chi connectivity index (χ3n) is 1.46. The Bertz CT molecular complexity index is 148. The van der Waals surface area contributed by atoms with Gasteiger partial charge in [-0.2, -0.15) is 0 Å². The molecule has 0 unspecified atom stereocenters. The van der Waals surface area contributed by atoms with Crippen molar-refractivity contribution >= 4 is 21.8 Å². The summed E-state index contributed by atoms with van der Waals surface area (Å²) in [7, 11) is 0. The number of amides is 1. The van der Waals surface area contributed by atoms with Crippen LogP contribution in [0.15, 0.2) is 0 Å². The molecule has 1 amide bonds. The molecular weight excluding hydrogens is 226 g/mol. The average molecular weight is 240 g/mol. The van der Waals surface area contributed by atoms with Gasteiger partial charge in [-0.25, -0.2) is 0 Å². The van der Waals surface area contributed by atoms with Gasteiger partial charge in [-0.05, 0) is 6.92 Å². The number of nitrogens with one attached hydrogen (secondary N) is 1. The first-order valence-electron chi connectivity index (χ1n) is 3.66. The lowest BCUT2D eigenvalue weighted by Crippen LogP contribution is -2.51. The van der Waals surface area contributed by atoms with Crippen LogP contribution in [0.5, 0.6) is 0 Å². The molecule has 5 heteroatoms. The molecule has 0 heterocycles. The molecule has 0 aromatic rings. The van der Waals surface area contributed by atoms with Crippen molar-refractivity contribution < 1.29 is 15.0 Å². The van der Waals surface area contributed by atoms with E-state index in [0.717, 1.165) is 0 Å². The summed E-state index contributed by atoms with van der Waals surface area (Å²) in [6, 6.07) is 0. The van der Waals surface area contributed by atoms with Gasteiger partial charge in [0.15, 0.2) is 0 Å². The third-order valence-corrected chi connectivity index (χ3v) is 1.86. The number of halogens is 1. The van der Waals surface area contributed by atoms with Gasteiger partial charge in [0.1, 0.15) is 0 Å². The number of hydrogen-bond acceptors (Lipinski definition) is 3. The lowest BCUT2D eigenvalue weighted by atomic mass is 10.1. The highest BCUT2D eigenvalue weighted by atomic mass is 79.9. The standard InChI is InChI=1S/C7H14BrNO3/c1-7(4-10,5-11)9-6(12)2-3-8/h10-11H,2-5H2,1H3,(H,9,12). The van der Waals surface area contributed by atoms with Crippen molar-refractivity contribution in [2.45, 2.75) is 18.9 Å². The van der Waals surface area contributed by atoms with E-state index < -0.39 is 5.54 Å². The molecule has 0 fully saturated rings. The molecular formula is C7H14BrNO3. The summed E-state index contributed by atoms with van der Waals surface area (Å²) in [5.41, 5.74) is -0.904. The van der Waals surface area contributed by atoms with Gasteiger partial charge in [-0.15, -0.1) is 0 Å². The Balaban J connectivity index is 3.93. The van der Waals surface area contributed by atoms with Crippen LogP contribution in [-0.4, -0.2) is 40.2 Å². The van der Waals surface area contributed by atoms with E-state index in [-0.39, 0.29) is 19.1 Å². The second-order valence-corrected chi connectivity index (χ2v) is 3.66. The van der Waals surface area contributed by atoms with E-state index in [4.69, 9.17) is 10.2 Å². The predicted octanol–water partition coefficient (Wildman–Crippen LogP) is -0.369. The SMILES string of the molecule is CC(CO)(CO)NC(=O)CCBr. The topological polar surface area (TPSA) is 69.6 Å². The monoisotopic (exact) mass is 239 g/mol. The maximum atomic E-state index is 11.0. The molecule has 0 aromatic heterocycles. The second-order valence-electron chi connectivity index (χ2n) is 2.86. The summed E-state index contributed by atoms with van der Waals surface area (Å²) in [5.74, 6) is -0.183.